The normalized spacial score (nSPS) is 25.9. The van der Waals surface area contributed by atoms with Gasteiger partial charge in [0.2, 0.25) is 0 Å². The van der Waals surface area contributed by atoms with Crippen molar-refractivity contribution in [2.45, 2.75) is 0 Å². The Kier molecular flexibility index (Phi) is 2.57. The first kappa shape index (κ1) is 6.31. The topological polar surface area (TPSA) is 30.6 Å². The van der Waals surface area contributed by atoms with Gasteiger partial charge >= 0.3 is 0 Å². The largest absolute Gasteiger partial charge is 0.441 e. The minimum absolute atomic E-state index is 1.07. The zero-order chi connectivity index (χ0) is 5.82. The van der Waals surface area contributed by atoms with Gasteiger partial charge in [0.1, 0.15) is 6.20 Å². The molecule has 0 aromatic carbocycles. The van der Waals surface area contributed by atoms with Crippen molar-refractivity contribution in [1.29, 1.82) is 0 Å². The fraction of sp³-hybridized carbons (Fsp3) is 0.500. The summed E-state index contributed by atoms with van der Waals surface area (Å²) in [4.78, 5) is 0. The van der Waals surface area contributed by atoms with Gasteiger partial charge in [-0.05, 0) is 0 Å². The van der Waals surface area contributed by atoms with Crippen LogP contribution >= 0.6 is 22.6 Å². The molecule has 1 unspecified atom stereocenters. The fourth-order valence-corrected chi connectivity index (χ4v) is 1.08. The molecule has 2 N–H and O–H groups in total. The second kappa shape index (κ2) is 3.26. The van der Waals surface area contributed by atoms with E-state index in [4.69, 9.17) is 0 Å². The van der Waals surface area contributed by atoms with Crippen LogP contribution in [0.4, 0.5) is 0 Å². The summed E-state index contributed by atoms with van der Waals surface area (Å²) in [7, 11) is 0. The number of hydrogen-bond donors (Lipinski definition) is 2. The molecule has 0 aliphatic carbocycles. The van der Waals surface area contributed by atoms with Crippen LogP contribution in [0.25, 0.3) is 5.53 Å². The van der Waals surface area contributed by atoms with Crippen molar-refractivity contribution in [1.82, 2.24) is 5.43 Å². The van der Waals surface area contributed by atoms with E-state index in [1.807, 2.05) is 12.4 Å². The summed E-state index contributed by atoms with van der Waals surface area (Å²) >= 11 is 2.33. The van der Waals surface area contributed by atoms with E-state index >= 15 is 0 Å². The van der Waals surface area contributed by atoms with Crippen LogP contribution in [0.3, 0.4) is 0 Å². The first-order chi connectivity index (χ1) is 3.93. The van der Waals surface area contributed by atoms with Crippen LogP contribution in [-0.2, 0) is 0 Å². The summed E-state index contributed by atoms with van der Waals surface area (Å²) < 4.78 is 1.14. The number of rotatable bonds is 2. The maximum Gasteiger partial charge on any atom is 0.101 e. The van der Waals surface area contributed by atoms with Gasteiger partial charge in [-0.1, -0.05) is 22.6 Å². The van der Waals surface area contributed by atoms with E-state index in [1.165, 1.54) is 0 Å². The summed E-state index contributed by atoms with van der Waals surface area (Å²) in [6, 6.07) is 0. The monoisotopic (exact) mass is 225 g/mol. The van der Waals surface area contributed by atoms with Crippen molar-refractivity contribution >= 4 is 22.6 Å². The molecular weight excluding hydrogens is 217 g/mol. The van der Waals surface area contributed by atoms with Crippen molar-refractivity contribution in [2.24, 2.45) is 0 Å². The summed E-state index contributed by atoms with van der Waals surface area (Å²) in [5.41, 5.74) is 6.74. The van der Waals surface area contributed by atoms with E-state index in [-0.39, 0.29) is 0 Å². The third-order valence-corrected chi connectivity index (χ3v) is 1.45. The fourth-order valence-electron chi connectivity index (χ4n) is 0.527. The van der Waals surface area contributed by atoms with Crippen LogP contribution in [0.2, 0.25) is 0 Å². The highest BCUT2D eigenvalue weighted by Gasteiger charge is 1.94. The lowest BCUT2D eigenvalue weighted by Crippen LogP contribution is -3.02. The zero-order valence-electron chi connectivity index (χ0n) is 4.39. The van der Waals surface area contributed by atoms with E-state index in [0.717, 1.165) is 16.0 Å². The number of nitrogens with one attached hydrogen (secondary N) is 2. The minimum atomic E-state index is 1.07. The molecule has 1 aliphatic heterocycles. The molecule has 1 heterocycles. The number of hydrogen-bond acceptors (Lipinski definition) is 1. The molecule has 0 spiro atoms. The quantitative estimate of drug-likeness (QED) is 0.485. The minimum Gasteiger partial charge on any atom is -0.441 e. The molecule has 0 saturated heterocycles. The molecule has 0 aromatic heterocycles. The Bertz CT molecular complexity index is 93.3. The van der Waals surface area contributed by atoms with E-state index < -0.39 is 0 Å². The molecule has 3 nitrogen and oxygen atoms in total. The Balaban J connectivity index is 2.16. The average molecular weight is 225 g/mol. The number of alkyl halides is 1. The lowest BCUT2D eigenvalue weighted by atomic mass is 10.7. The molecular formula is C4H8IN3. The van der Waals surface area contributed by atoms with Crippen molar-refractivity contribution < 1.29 is 5.01 Å². The summed E-state index contributed by atoms with van der Waals surface area (Å²) in [6.45, 7) is 1.07. The van der Waals surface area contributed by atoms with Gasteiger partial charge in [-0.25, -0.2) is 0 Å². The molecule has 4 heteroatoms. The van der Waals surface area contributed by atoms with E-state index in [9.17, 15) is 0 Å². The van der Waals surface area contributed by atoms with E-state index in [1.54, 1.807) is 0 Å². The molecule has 8 heavy (non-hydrogen) atoms. The van der Waals surface area contributed by atoms with Gasteiger partial charge in [-0.15, -0.1) is 0 Å². The molecule has 0 amide bonds. The van der Waals surface area contributed by atoms with Gasteiger partial charge < -0.3 is 16.0 Å². The van der Waals surface area contributed by atoms with Gasteiger partial charge in [0, 0.05) is 10.6 Å². The number of quaternary nitrogens is 1. The van der Waals surface area contributed by atoms with Crippen molar-refractivity contribution in [3.63, 3.8) is 0 Å². The Morgan fingerprint density at radius 2 is 2.62 bits per heavy atom. The number of halogens is 1. The highest BCUT2D eigenvalue weighted by atomic mass is 127. The number of nitrogens with zero attached hydrogens (tertiary/aromatic N) is 1. The maximum absolute atomic E-state index is 3.98. The Hall–Kier alpha value is 0.190. The predicted octanol–water partition coefficient (Wildman–Crippen LogP) is -0.416. The van der Waals surface area contributed by atoms with Gasteiger partial charge in [0.05, 0.1) is 6.54 Å². The van der Waals surface area contributed by atoms with Crippen LogP contribution in [0.15, 0.2) is 12.4 Å². The Labute approximate surface area is 62.2 Å². The molecule has 0 radical (unpaired) electrons. The second-order valence-corrected chi connectivity index (χ2v) is 2.58. The Morgan fingerprint density at radius 3 is 3.12 bits per heavy atom. The van der Waals surface area contributed by atoms with Crippen LogP contribution in [0, 0.1) is 0 Å². The highest BCUT2D eigenvalue weighted by Crippen LogP contribution is 1.77. The van der Waals surface area contributed by atoms with Crippen molar-refractivity contribution in [2.75, 3.05) is 11.0 Å². The van der Waals surface area contributed by atoms with Gasteiger partial charge in [0.25, 0.3) is 0 Å². The molecule has 46 valence electrons. The lowest BCUT2D eigenvalue weighted by Gasteiger charge is -2.19. The SMILES string of the molecule is ICC[NH+]1C=CN[N-]1. The third kappa shape index (κ3) is 1.61. The van der Waals surface area contributed by atoms with Crippen LogP contribution < -0.4 is 10.4 Å². The summed E-state index contributed by atoms with van der Waals surface area (Å²) in [5.74, 6) is 0. The van der Waals surface area contributed by atoms with Gasteiger partial charge in [-0.3, -0.25) is 0 Å². The van der Waals surface area contributed by atoms with Crippen LogP contribution in [-0.4, -0.2) is 11.0 Å². The van der Waals surface area contributed by atoms with Gasteiger partial charge in [-0.2, -0.15) is 0 Å². The molecule has 0 saturated carbocycles. The zero-order valence-corrected chi connectivity index (χ0v) is 6.55. The van der Waals surface area contributed by atoms with Crippen molar-refractivity contribution in [3.05, 3.63) is 17.9 Å². The van der Waals surface area contributed by atoms with Crippen LogP contribution in [0.5, 0.6) is 0 Å². The average Bonchev–Trinajstić information content (AvgIpc) is 2.19. The lowest BCUT2D eigenvalue weighted by molar-refractivity contribution is -0.800. The first-order valence-corrected chi connectivity index (χ1v) is 4.00. The molecule has 1 aliphatic rings. The standard InChI is InChI=1S/C4H8IN3/c5-1-3-8-4-2-6-7-8/h2,4,6,8H,1,3H2. The smallest absolute Gasteiger partial charge is 0.101 e. The first-order valence-electron chi connectivity index (χ1n) is 2.48. The molecule has 0 bridgehead atoms. The molecule has 1 atom stereocenters. The van der Waals surface area contributed by atoms with E-state index in [0.29, 0.717) is 0 Å². The van der Waals surface area contributed by atoms with Crippen molar-refractivity contribution in [3.8, 4) is 0 Å². The Morgan fingerprint density at radius 1 is 1.75 bits per heavy atom. The van der Waals surface area contributed by atoms with Crippen LogP contribution in [0.1, 0.15) is 0 Å². The highest BCUT2D eigenvalue weighted by molar-refractivity contribution is 14.1. The maximum atomic E-state index is 3.98. The summed E-state index contributed by atoms with van der Waals surface area (Å²) in [5, 5.41) is 1.15. The molecule has 0 aromatic rings. The van der Waals surface area contributed by atoms with E-state index in [2.05, 4.69) is 33.6 Å². The predicted molar refractivity (Wildman–Crippen MR) is 40.4 cm³/mol. The molecule has 1 rings (SSSR count). The summed E-state index contributed by atoms with van der Waals surface area (Å²) in [6.07, 6.45) is 3.85. The molecule has 0 fully saturated rings. The second-order valence-electron chi connectivity index (χ2n) is 1.50. The van der Waals surface area contributed by atoms with Gasteiger partial charge in [0.15, 0.2) is 0 Å². The third-order valence-electron chi connectivity index (χ3n) is 0.909.